The van der Waals surface area contributed by atoms with Gasteiger partial charge in [0.25, 0.3) is 0 Å². The first kappa shape index (κ1) is 13.3. The van der Waals surface area contributed by atoms with Crippen molar-refractivity contribution in [3.63, 3.8) is 0 Å². The highest BCUT2D eigenvalue weighted by atomic mass is 15.0. The van der Waals surface area contributed by atoms with Crippen molar-refractivity contribution in [2.45, 2.75) is 26.7 Å². The van der Waals surface area contributed by atoms with Gasteiger partial charge in [0.2, 0.25) is 0 Å². The lowest BCUT2D eigenvalue weighted by Crippen LogP contribution is -2.06. The Morgan fingerprint density at radius 3 is 2.63 bits per heavy atom. The minimum Gasteiger partial charge on any atom is -0.396 e. The lowest BCUT2D eigenvalue weighted by atomic mass is 10.1. The number of nitrogen functional groups attached to an aromatic ring is 1. The van der Waals surface area contributed by atoms with Crippen LogP contribution in [0.1, 0.15) is 25.3 Å². The van der Waals surface area contributed by atoms with Crippen LogP contribution < -0.4 is 11.1 Å². The molecular formula is C15H20N4. The number of nitrogens with zero attached hydrogens (tertiary/aromatic N) is 2. The maximum atomic E-state index is 6.03. The van der Waals surface area contributed by atoms with E-state index in [1.54, 1.807) is 0 Å². The molecule has 0 saturated carbocycles. The molecule has 2 rings (SSSR count). The lowest BCUT2D eigenvalue weighted by Gasteiger charge is -2.09. The predicted octanol–water partition coefficient (Wildman–Crippen LogP) is 3.25. The second kappa shape index (κ2) is 6.18. The van der Waals surface area contributed by atoms with E-state index in [0.717, 1.165) is 41.9 Å². The molecule has 2 heterocycles. The largest absolute Gasteiger partial charge is 0.396 e. The molecule has 0 bridgehead atoms. The molecule has 0 aliphatic heterocycles. The smallest absolute Gasteiger partial charge is 0.149 e. The molecule has 0 aliphatic carbocycles. The molecule has 0 spiro atoms. The van der Waals surface area contributed by atoms with Gasteiger partial charge < -0.3 is 11.1 Å². The summed E-state index contributed by atoms with van der Waals surface area (Å²) >= 11 is 0. The molecule has 0 aliphatic rings. The highest BCUT2D eigenvalue weighted by molar-refractivity contribution is 5.72. The van der Waals surface area contributed by atoms with Crippen LogP contribution in [0.2, 0.25) is 0 Å². The SMILES string of the molecule is CCCCNc1ncc(-c2cncc(C)c2)cc1N. The van der Waals surface area contributed by atoms with E-state index in [-0.39, 0.29) is 0 Å². The second-order valence-corrected chi connectivity index (χ2v) is 4.69. The Morgan fingerprint density at radius 2 is 1.95 bits per heavy atom. The predicted molar refractivity (Wildman–Crippen MR) is 80.0 cm³/mol. The quantitative estimate of drug-likeness (QED) is 0.806. The van der Waals surface area contributed by atoms with Crippen molar-refractivity contribution in [2.24, 2.45) is 0 Å². The Balaban J connectivity index is 2.19. The van der Waals surface area contributed by atoms with E-state index in [1.165, 1.54) is 0 Å². The number of hydrogen-bond acceptors (Lipinski definition) is 4. The third-order valence-corrected chi connectivity index (χ3v) is 2.95. The summed E-state index contributed by atoms with van der Waals surface area (Å²) in [6, 6.07) is 4.02. The average molecular weight is 256 g/mol. The zero-order valence-corrected chi connectivity index (χ0v) is 11.5. The van der Waals surface area contributed by atoms with Crippen LogP contribution in [0, 0.1) is 6.92 Å². The summed E-state index contributed by atoms with van der Waals surface area (Å²) in [4.78, 5) is 8.58. The van der Waals surface area contributed by atoms with Crippen molar-refractivity contribution >= 4 is 11.5 Å². The topological polar surface area (TPSA) is 63.8 Å². The summed E-state index contributed by atoms with van der Waals surface area (Å²) in [6.45, 7) is 5.08. The van der Waals surface area contributed by atoms with Gasteiger partial charge in [0, 0.05) is 36.3 Å². The van der Waals surface area contributed by atoms with Gasteiger partial charge in [0.15, 0.2) is 0 Å². The normalized spacial score (nSPS) is 10.4. The molecule has 0 radical (unpaired) electrons. The monoisotopic (exact) mass is 256 g/mol. The summed E-state index contributed by atoms with van der Waals surface area (Å²) in [6.07, 6.45) is 7.76. The van der Waals surface area contributed by atoms with Gasteiger partial charge in [-0.2, -0.15) is 0 Å². The lowest BCUT2D eigenvalue weighted by molar-refractivity contribution is 0.831. The number of pyridine rings is 2. The minimum atomic E-state index is 0.676. The van der Waals surface area contributed by atoms with Crippen LogP contribution in [0.4, 0.5) is 11.5 Å². The van der Waals surface area contributed by atoms with Gasteiger partial charge in [0.1, 0.15) is 5.82 Å². The zero-order chi connectivity index (χ0) is 13.7. The van der Waals surface area contributed by atoms with E-state index in [1.807, 2.05) is 31.6 Å². The van der Waals surface area contributed by atoms with Gasteiger partial charge in [-0.25, -0.2) is 4.98 Å². The molecule has 0 aromatic carbocycles. The first-order valence-electron chi connectivity index (χ1n) is 6.62. The molecule has 19 heavy (non-hydrogen) atoms. The van der Waals surface area contributed by atoms with Gasteiger partial charge in [0.05, 0.1) is 5.69 Å². The van der Waals surface area contributed by atoms with E-state index in [9.17, 15) is 0 Å². The number of hydrogen-bond donors (Lipinski definition) is 2. The van der Waals surface area contributed by atoms with Crippen LogP contribution in [0.15, 0.2) is 30.7 Å². The molecular weight excluding hydrogens is 236 g/mol. The Morgan fingerprint density at radius 1 is 1.16 bits per heavy atom. The minimum absolute atomic E-state index is 0.676. The molecule has 4 nitrogen and oxygen atoms in total. The Bertz CT molecular complexity index is 552. The van der Waals surface area contributed by atoms with Crippen LogP contribution >= 0.6 is 0 Å². The fourth-order valence-corrected chi connectivity index (χ4v) is 1.88. The molecule has 4 heteroatoms. The highest BCUT2D eigenvalue weighted by Crippen LogP contribution is 2.24. The maximum absolute atomic E-state index is 6.03. The molecule has 0 atom stereocenters. The van der Waals surface area contributed by atoms with Crippen LogP contribution in [0.25, 0.3) is 11.1 Å². The summed E-state index contributed by atoms with van der Waals surface area (Å²) in [7, 11) is 0. The standard InChI is InChI=1S/C15H20N4/c1-3-4-5-18-15-14(16)7-13(10-19-15)12-6-11(2)8-17-9-12/h6-10H,3-5,16H2,1-2H3,(H,18,19). The second-order valence-electron chi connectivity index (χ2n) is 4.69. The third kappa shape index (κ3) is 3.44. The van der Waals surface area contributed by atoms with Gasteiger partial charge >= 0.3 is 0 Å². The van der Waals surface area contributed by atoms with E-state index >= 15 is 0 Å². The van der Waals surface area contributed by atoms with Crippen molar-refractivity contribution in [1.29, 1.82) is 0 Å². The van der Waals surface area contributed by atoms with Crippen molar-refractivity contribution < 1.29 is 0 Å². The molecule has 2 aromatic heterocycles. The van der Waals surface area contributed by atoms with Crippen molar-refractivity contribution in [2.75, 3.05) is 17.6 Å². The summed E-state index contributed by atoms with van der Waals surface area (Å²) < 4.78 is 0. The number of aromatic nitrogens is 2. The van der Waals surface area contributed by atoms with Crippen LogP contribution in [-0.4, -0.2) is 16.5 Å². The highest BCUT2D eigenvalue weighted by Gasteiger charge is 2.04. The number of aryl methyl sites for hydroxylation is 1. The molecule has 0 fully saturated rings. The van der Waals surface area contributed by atoms with Gasteiger partial charge in [-0.15, -0.1) is 0 Å². The first-order valence-corrected chi connectivity index (χ1v) is 6.62. The Hall–Kier alpha value is -2.10. The van der Waals surface area contributed by atoms with Crippen LogP contribution in [0.5, 0.6) is 0 Å². The molecule has 0 amide bonds. The molecule has 0 unspecified atom stereocenters. The average Bonchev–Trinajstić information content (AvgIpc) is 2.41. The number of unbranched alkanes of at least 4 members (excludes halogenated alkanes) is 1. The van der Waals surface area contributed by atoms with Gasteiger partial charge in [-0.1, -0.05) is 13.3 Å². The number of rotatable bonds is 5. The maximum Gasteiger partial charge on any atom is 0.149 e. The van der Waals surface area contributed by atoms with Crippen molar-refractivity contribution in [3.8, 4) is 11.1 Å². The van der Waals surface area contributed by atoms with Crippen LogP contribution in [-0.2, 0) is 0 Å². The van der Waals surface area contributed by atoms with E-state index in [2.05, 4.69) is 28.3 Å². The van der Waals surface area contributed by atoms with E-state index in [0.29, 0.717) is 5.69 Å². The van der Waals surface area contributed by atoms with Gasteiger partial charge in [-0.3, -0.25) is 4.98 Å². The molecule has 3 N–H and O–H groups in total. The fourth-order valence-electron chi connectivity index (χ4n) is 1.88. The molecule has 0 saturated heterocycles. The van der Waals surface area contributed by atoms with Gasteiger partial charge in [-0.05, 0) is 31.0 Å². The van der Waals surface area contributed by atoms with Crippen molar-refractivity contribution in [3.05, 3.63) is 36.3 Å². The molecule has 100 valence electrons. The number of nitrogens with two attached hydrogens (primary N) is 1. The van der Waals surface area contributed by atoms with Crippen molar-refractivity contribution in [1.82, 2.24) is 9.97 Å². The van der Waals surface area contributed by atoms with Crippen LogP contribution in [0.3, 0.4) is 0 Å². The summed E-state index contributed by atoms with van der Waals surface area (Å²) in [5.74, 6) is 0.762. The molecule has 2 aromatic rings. The fraction of sp³-hybridized carbons (Fsp3) is 0.333. The Labute approximate surface area is 114 Å². The third-order valence-electron chi connectivity index (χ3n) is 2.95. The number of nitrogens with one attached hydrogen (secondary N) is 1. The first-order chi connectivity index (χ1) is 9.20. The van der Waals surface area contributed by atoms with E-state index < -0.39 is 0 Å². The summed E-state index contributed by atoms with van der Waals surface area (Å²) in [5.41, 5.74) is 9.87. The summed E-state index contributed by atoms with van der Waals surface area (Å²) in [5, 5.41) is 3.25. The van der Waals surface area contributed by atoms with E-state index in [4.69, 9.17) is 5.73 Å². The Kier molecular flexibility index (Phi) is 4.34. The zero-order valence-electron chi connectivity index (χ0n) is 11.5. The number of anilines is 2.